The number of rotatable bonds is 2. The molecule has 0 radical (unpaired) electrons. The molecule has 0 saturated heterocycles. The average molecular weight is 415 g/mol. The molecular formula is C18H17N5O5S. The lowest BCUT2D eigenvalue weighted by Crippen LogP contribution is -2.46. The number of aromatic nitrogens is 3. The number of nitrogens with zero attached hydrogens (tertiary/aromatic N) is 4. The SMILES string of the molecule is Cn1c(=O)[nH]c(=O)c2cc(S(=O)(=O)N3CCN4CCOc5cccc3c54)cnc21. The van der Waals surface area contributed by atoms with Crippen molar-refractivity contribution in [2.24, 2.45) is 7.05 Å². The van der Waals surface area contributed by atoms with E-state index in [4.69, 9.17) is 4.74 Å². The molecule has 10 nitrogen and oxygen atoms in total. The summed E-state index contributed by atoms with van der Waals surface area (Å²) < 4.78 is 35.0. The zero-order valence-electron chi connectivity index (χ0n) is 15.5. The number of ether oxygens (including phenoxy) is 1. The van der Waals surface area contributed by atoms with E-state index in [1.54, 1.807) is 12.1 Å². The minimum Gasteiger partial charge on any atom is -0.489 e. The molecule has 29 heavy (non-hydrogen) atoms. The number of H-pyrrole nitrogens is 1. The number of aromatic amines is 1. The zero-order chi connectivity index (χ0) is 20.3. The van der Waals surface area contributed by atoms with Gasteiger partial charge in [-0.05, 0) is 18.2 Å². The van der Waals surface area contributed by atoms with Crippen molar-refractivity contribution in [2.75, 3.05) is 35.4 Å². The molecule has 0 saturated carbocycles. The van der Waals surface area contributed by atoms with Gasteiger partial charge in [0.2, 0.25) is 0 Å². The summed E-state index contributed by atoms with van der Waals surface area (Å²) in [5, 5.41) is 0.0326. The first-order valence-corrected chi connectivity index (χ1v) is 10.4. The van der Waals surface area contributed by atoms with Gasteiger partial charge in [-0.3, -0.25) is 18.7 Å². The van der Waals surface area contributed by atoms with Gasteiger partial charge in [-0.2, -0.15) is 0 Å². The lowest BCUT2D eigenvalue weighted by molar-refractivity contribution is 0.307. The normalized spacial score (nSPS) is 15.9. The maximum Gasteiger partial charge on any atom is 0.329 e. The lowest BCUT2D eigenvalue weighted by atomic mass is 10.1. The summed E-state index contributed by atoms with van der Waals surface area (Å²) in [6, 6.07) is 6.57. The van der Waals surface area contributed by atoms with Gasteiger partial charge in [0.1, 0.15) is 28.6 Å². The van der Waals surface area contributed by atoms with Crippen LogP contribution in [0.15, 0.2) is 44.9 Å². The van der Waals surface area contributed by atoms with Crippen LogP contribution >= 0.6 is 0 Å². The topological polar surface area (TPSA) is 118 Å². The summed E-state index contributed by atoms with van der Waals surface area (Å²) in [5.74, 6) is 0.650. The molecule has 11 heteroatoms. The molecule has 4 heterocycles. The molecule has 0 fully saturated rings. The molecule has 0 amide bonds. The molecule has 5 rings (SSSR count). The van der Waals surface area contributed by atoms with Crippen molar-refractivity contribution in [3.63, 3.8) is 0 Å². The maximum absolute atomic E-state index is 13.4. The smallest absolute Gasteiger partial charge is 0.329 e. The van der Waals surface area contributed by atoms with E-state index in [0.717, 1.165) is 10.3 Å². The van der Waals surface area contributed by atoms with Crippen molar-refractivity contribution < 1.29 is 13.2 Å². The molecule has 0 unspecified atom stereocenters. The summed E-state index contributed by atoms with van der Waals surface area (Å²) in [7, 11) is -2.53. The van der Waals surface area contributed by atoms with Crippen molar-refractivity contribution >= 4 is 32.4 Å². The van der Waals surface area contributed by atoms with E-state index in [1.165, 1.54) is 23.6 Å². The number of pyridine rings is 1. The number of fused-ring (bicyclic) bond motifs is 1. The van der Waals surface area contributed by atoms with Crippen LogP contribution in [-0.2, 0) is 17.1 Å². The Balaban J connectivity index is 1.68. The lowest BCUT2D eigenvalue weighted by Gasteiger charge is -2.41. The number of nitrogens with one attached hydrogen (secondary N) is 1. The van der Waals surface area contributed by atoms with E-state index in [1.807, 2.05) is 6.07 Å². The van der Waals surface area contributed by atoms with Gasteiger partial charge in [0.25, 0.3) is 15.6 Å². The number of aryl methyl sites for hydroxylation is 1. The molecule has 1 N–H and O–H groups in total. The van der Waals surface area contributed by atoms with Gasteiger partial charge < -0.3 is 9.64 Å². The Kier molecular flexibility index (Phi) is 3.72. The van der Waals surface area contributed by atoms with Crippen LogP contribution < -0.4 is 25.2 Å². The summed E-state index contributed by atoms with van der Waals surface area (Å²) in [5.41, 5.74) is 0.110. The Labute approximate surface area is 165 Å². The van der Waals surface area contributed by atoms with E-state index in [-0.39, 0.29) is 22.5 Å². The number of hydrogen-bond acceptors (Lipinski definition) is 7. The number of anilines is 2. The van der Waals surface area contributed by atoms with E-state index < -0.39 is 21.3 Å². The number of benzene rings is 1. The summed E-state index contributed by atoms with van der Waals surface area (Å²) in [6.45, 7) is 2.04. The van der Waals surface area contributed by atoms with Crippen LogP contribution in [0.5, 0.6) is 5.75 Å². The first-order valence-electron chi connectivity index (χ1n) is 9.00. The predicted octanol–water partition coefficient (Wildman–Crippen LogP) is 0.0295. The third-order valence-corrected chi connectivity index (χ3v) is 7.05. The minimum absolute atomic E-state index is 0.0326. The molecule has 0 bridgehead atoms. The second-order valence-corrected chi connectivity index (χ2v) is 8.76. The van der Waals surface area contributed by atoms with Crippen molar-refractivity contribution in [2.45, 2.75) is 4.90 Å². The van der Waals surface area contributed by atoms with Crippen LogP contribution in [0.25, 0.3) is 11.0 Å². The minimum atomic E-state index is -3.98. The van der Waals surface area contributed by atoms with Gasteiger partial charge in [0.15, 0.2) is 0 Å². The fourth-order valence-corrected chi connectivity index (χ4v) is 5.25. The highest BCUT2D eigenvalue weighted by molar-refractivity contribution is 7.92. The summed E-state index contributed by atoms with van der Waals surface area (Å²) in [4.78, 5) is 32.2. The van der Waals surface area contributed by atoms with Gasteiger partial charge in [-0.15, -0.1) is 0 Å². The highest BCUT2D eigenvalue weighted by Crippen LogP contribution is 2.44. The molecule has 2 aromatic heterocycles. The molecule has 2 aliphatic heterocycles. The second kappa shape index (κ2) is 6.08. The predicted molar refractivity (Wildman–Crippen MR) is 106 cm³/mol. The Morgan fingerprint density at radius 2 is 2.00 bits per heavy atom. The highest BCUT2D eigenvalue weighted by atomic mass is 32.2. The van der Waals surface area contributed by atoms with Gasteiger partial charge in [0, 0.05) is 19.8 Å². The van der Waals surface area contributed by atoms with Crippen LogP contribution in [0.3, 0.4) is 0 Å². The maximum atomic E-state index is 13.4. The monoisotopic (exact) mass is 415 g/mol. The van der Waals surface area contributed by atoms with E-state index in [9.17, 15) is 18.0 Å². The average Bonchev–Trinajstić information content (AvgIpc) is 2.72. The molecule has 1 aromatic carbocycles. The van der Waals surface area contributed by atoms with Crippen molar-refractivity contribution in [1.29, 1.82) is 0 Å². The Morgan fingerprint density at radius 3 is 2.83 bits per heavy atom. The van der Waals surface area contributed by atoms with E-state index in [2.05, 4.69) is 14.9 Å². The number of para-hydroxylation sites is 1. The van der Waals surface area contributed by atoms with Gasteiger partial charge in [-0.1, -0.05) is 6.07 Å². The largest absolute Gasteiger partial charge is 0.489 e. The van der Waals surface area contributed by atoms with Crippen molar-refractivity contribution in [3.05, 3.63) is 51.3 Å². The van der Waals surface area contributed by atoms with Crippen LogP contribution in [0.4, 0.5) is 11.4 Å². The fraction of sp³-hybridized carbons (Fsp3) is 0.278. The quantitative estimate of drug-likeness (QED) is 0.627. The molecule has 0 spiro atoms. The zero-order valence-corrected chi connectivity index (χ0v) is 16.3. The summed E-state index contributed by atoms with van der Waals surface area (Å²) >= 11 is 0. The molecular weight excluding hydrogens is 398 g/mol. The first-order chi connectivity index (χ1) is 13.9. The third-order valence-electron chi connectivity index (χ3n) is 5.27. The Bertz CT molecular complexity index is 1380. The molecule has 0 atom stereocenters. The molecule has 150 valence electrons. The standard InChI is InChI=1S/C18H17N5O5S/c1-21-16-12(17(24)20-18(21)25)9-11(10-19-16)29(26,27)23-6-5-22-7-8-28-14-4-2-3-13(23)15(14)22/h2-4,9-10H,5-8H2,1H3,(H,20,24,25). The van der Waals surface area contributed by atoms with Crippen LogP contribution in [0, 0.1) is 0 Å². The van der Waals surface area contributed by atoms with E-state index >= 15 is 0 Å². The molecule has 0 aliphatic carbocycles. The molecule has 2 aliphatic rings. The van der Waals surface area contributed by atoms with Crippen LogP contribution in [0.2, 0.25) is 0 Å². The van der Waals surface area contributed by atoms with Crippen LogP contribution in [-0.4, -0.2) is 49.2 Å². The highest BCUT2D eigenvalue weighted by Gasteiger charge is 2.35. The van der Waals surface area contributed by atoms with Crippen molar-refractivity contribution in [3.8, 4) is 5.75 Å². The third kappa shape index (κ3) is 2.54. The Hall–Kier alpha value is -3.34. The summed E-state index contributed by atoms with van der Waals surface area (Å²) in [6.07, 6.45) is 1.18. The van der Waals surface area contributed by atoms with Crippen LogP contribution in [0.1, 0.15) is 0 Å². The van der Waals surface area contributed by atoms with Gasteiger partial charge >= 0.3 is 5.69 Å². The number of sulfonamides is 1. The van der Waals surface area contributed by atoms with Gasteiger partial charge in [-0.25, -0.2) is 18.2 Å². The van der Waals surface area contributed by atoms with E-state index in [0.29, 0.717) is 31.1 Å². The number of hydrogen-bond donors (Lipinski definition) is 1. The molecule has 3 aromatic rings. The Morgan fingerprint density at radius 1 is 1.17 bits per heavy atom. The fourth-order valence-electron chi connectivity index (χ4n) is 3.81. The van der Waals surface area contributed by atoms with Gasteiger partial charge in [0.05, 0.1) is 24.2 Å². The van der Waals surface area contributed by atoms with Crippen molar-refractivity contribution in [1.82, 2.24) is 14.5 Å². The first kappa shape index (κ1) is 17.7. The second-order valence-electron chi connectivity index (χ2n) is 6.90.